The average molecular weight is 233 g/mol. The van der Waals surface area contributed by atoms with Crippen LogP contribution in [0.4, 0.5) is 0 Å². The number of hydrogen-bond acceptors (Lipinski definition) is 5. The highest BCUT2D eigenvalue weighted by molar-refractivity contribution is 5.69. The summed E-state index contributed by atoms with van der Waals surface area (Å²) in [4.78, 5) is 21.4. The number of nitrogens with two attached hydrogens (primary N) is 2. The van der Waals surface area contributed by atoms with Gasteiger partial charge in [0, 0.05) is 0 Å². The number of carbonyl (C=O) groups is 2. The summed E-state index contributed by atoms with van der Waals surface area (Å²) < 4.78 is -0.269. The number of piperazine rings is 1. The molecule has 1 fully saturated rings. The van der Waals surface area contributed by atoms with Crippen LogP contribution in [-0.2, 0) is 9.59 Å². The fraction of sp³-hybridized carbons (Fsp3) is 0.750. The van der Waals surface area contributed by atoms with E-state index in [1.54, 1.807) is 0 Å². The molecule has 0 radical (unpaired) electrons. The summed E-state index contributed by atoms with van der Waals surface area (Å²) in [5, 5.41) is 19.0. The molecule has 92 valence electrons. The van der Waals surface area contributed by atoms with Gasteiger partial charge < -0.3 is 10.2 Å². The highest BCUT2D eigenvalue weighted by Gasteiger charge is 2.42. The van der Waals surface area contributed by atoms with Crippen molar-refractivity contribution in [1.82, 2.24) is 5.01 Å². The molecule has 0 amide bonds. The molecule has 1 rings (SSSR count). The van der Waals surface area contributed by atoms with Gasteiger partial charge in [0.15, 0.2) is 6.54 Å². The molecule has 1 aliphatic rings. The fourth-order valence-corrected chi connectivity index (χ4v) is 1.93. The second kappa shape index (κ2) is 4.74. The number of hydrazine groups is 1. The smallest absolute Gasteiger partial charge is 0.361 e. The van der Waals surface area contributed by atoms with Gasteiger partial charge in [-0.25, -0.2) is 14.4 Å². The minimum atomic E-state index is -1.04. The number of aliphatic carboxylic acids is 2. The van der Waals surface area contributed by atoms with Crippen molar-refractivity contribution >= 4 is 11.9 Å². The lowest BCUT2D eigenvalue weighted by molar-refractivity contribution is -0.960. The van der Waals surface area contributed by atoms with Crippen molar-refractivity contribution in [3.8, 4) is 0 Å². The molecule has 0 spiro atoms. The van der Waals surface area contributed by atoms with Gasteiger partial charge in [-0.15, -0.1) is 0 Å². The van der Waals surface area contributed by atoms with E-state index in [-0.39, 0.29) is 24.1 Å². The number of hydrogen-bond donors (Lipinski definition) is 4. The second-order valence-corrected chi connectivity index (χ2v) is 4.13. The monoisotopic (exact) mass is 233 g/mol. The molecule has 0 saturated carbocycles. The first-order valence-corrected chi connectivity index (χ1v) is 4.92. The lowest BCUT2D eigenvalue weighted by Gasteiger charge is -2.44. The number of rotatable bonds is 4. The Morgan fingerprint density at radius 1 is 1.38 bits per heavy atom. The third kappa shape index (κ3) is 3.14. The Balaban J connectivity index is 2.77. The molecule has 6 N–H and O–H groups in total. The molecule has 1 aliphatic heterocycles. The molecule has 1 heterocycles. The first-order chi connectivity index (χ1) is 7.33. The minimum absolute atomic E-state index is 0.183. The zero-order valence-corrected chi connectivity index (χ0v) is 8.87. The van der Waals surface area contributed by atoms with Gasteiger partial charge in [-0.2, -0.15) is 5.84 Å². The van der Waals surface area contributed by atoms with Crippen molar-refractivity contribution in [3.05, 3.63) is 0 Å². The molecule has 0 bridgehead atoms. The van der Waals surface area contributed by atoms with E-state index in [2.05, 4.69) is 0 Å². The summed E-state index contributed by atoms with van der Waals surface area (Å²) in [5.74, 6) is 9.47. The Morgan fingerprint density at radius 3 is 2.50 bits per heavy atom. The number of carboxylic acids is 2. The predicted octanol–water partition coefficient (Wildman–Crippen LogP) is -2.21. The summed E-state index contributed by atoms with van der Waals surface area (Å²) in [6.45, 7) is 0.794. The number of quaternary nitrogens is 1. The van der Waals surface area contributed by atoms with Crippen molar-refractivity contribution in [2.24, 2.45) is 11.7 Å². The van der Waals surface area contributed by atoms with Crippen LogP contribution in [0.2, 0.25) is 0 Å². The molecule has 0 aliphatic carbocycles. The molecule has 2 atom stereocenters. The number of carboxylic acid groups (broad SMARTS) is 2. The largest absolute Gasteiger partial charge is 0.481 e. The van der Waals surface area contributed by atoms with Crippen LogP contribution in [0, 0.1) is 0 Å². The Kier molecular flexibility index (Phi) is 3.81. The van der Waals surface area contributed by atoms with Gasteiger partial charge in [0.05, 0.1) is 13.1 Å². The maximum Gasteiger partial charge on any atom is 0.361 e. The predicted molar refractivity (Wildman–Crippen MR) is 53.6 cm³/mol. The van der Waals surface area contributed by atoms with Crippen LogP contribution in [0.15, 0.2) is 0 Å². The lowest BCUT2D eigenvalue weighted by Crippen LogP contribution is -2.72. The zero-order chi connectivity index (χ0) is 12.3. The quantitative estimate of drug-likeness (QED) is 0.320. The standard InChI is InChI=1S/C8H16N4O4/c9-11-1-2-12(10,5-8(15)16)6(4-11)3-7(13)14/h6H,1-5,9-10H2,(H-,13,14,15,16)/p+1. The maximum atomic E-state index is 10.7. The van der Waals surface area contributed by atoms with E-state index >= 15 is 0 Å². The Hall–Kier alpha value is -1.22. The van der Waals surface area contributed by atoms with Crippen LogP contribution in [0.3, 0.4) is 0 Å². The topological polar surface area (TPSA) is 130 Å². The van der Waals surface area contributed by atoms with E-state index in [9.17, 15) is 9.59 Å². The molecule has 0 aromatic carbocycles. The van der Waals surface area contributed by atoms with Gasteiger partial charge in [-0.1, -0.05) is 0 Å². The van der Waals surface area contributed by atoms with E-state index in [0.717, 1.165) is 0 Å². The van der Waals surface area contributed by atoms with Crippen molar-refractivity contribution in [1.29, 1.82) is 0 Å². The van der Waals surface area contributed by atoms with E-state index in [1.165, 1.54) is 5.01 Å². The van der Waals surface area contributed by atoms with Crippen molar-refractivity contribution in [2.45, 2.75) is 12.5 Å². The second-order valence-electron chi connectivity index (χ2n) is 4.13. The average Bonchev–Trinajstić information content (AvgIpc) is 2.10. The zero-order valence-electron chi connectivity index (χ0n) is 8.87. The third-order valence-electron chi connectivity index (χ3n) is 2.82. The van der Waals surface area contributed by atoms with Crippen molar-refractivity contribution in [2.75, 3.05) is 26.2 Å². The summed E-state index contributed by atoms with van der Waals surface area (Å²) in [5.41, 5.74) is 0. The van der Waals surface area contributed by atoms with E-state index < -0.39 is 18.0 Å². The molecular weight excluding hydrogens is 216 g/mol. The Labute approximate surface area is 92.5 Å². The van der Waals surface area contributed by atoms with Crippen LogP contribution in [-0.4, -0.2) is 64.0 Å². The van der Waals surface area contributed by atoms with Gasteiger partial charge in [0.25, 0.3) is 0 Å². The van der Waals surface area contributed by atoms with Gasteiger partial charge in [-0.3, -0.25) is 10.6 Å². The van der Waals surface area contributed by atoms with E-state index in [1.807, 2.05) is 0 Å². The van der Waals surface area contributed by atoms with E-state index in [0.29, 0.717) is 13.1 Å². The summed E-state index contributed by atoms with van der Waals surface area (Å²) in [6.07, 6.45) is -0.183. The normalized spacial score (nSPS) is 31.2. The molecule has 16 heavy (non-hydrogen) atoms. The van der Waals surface area contributed by atoms with Crippen LogP contribution in [0.1, 0.15) is 6.42 Å². The van der Waals surface area contributed by atoms with Gasteiger partial charge in [0.1, 0.15) is 19.0 Å². The van der Waals surface area contributed by atoms with Crippen molar-refractivity contribution < 1.29 is 24.4 Å². The van der Waals surface area contributed by atoms with Gasteiger partial charge in [0.2, 0.25) is 0 Å². The summed E-state index contributed by atoms with van der Waals surface area (Å²) in [7, 11) is 0. The molecule has 0 aromatic rings. The lowest BCUT2D eigenvalue weighted by atomic mass is 10.1. The van der Waals surface area contributed by atoms with Crippen LogP contribution >= 0.6 is 0 Å². The summed E-state index contributed by atoms with van der Waals surface area (Å²) >= 11 is 0. The van der Waals surface area contributed by atoms with Crippen LogP contribution < -0.4 is 11.7 Å². The summed E-state index contributed by atoms with van der Waals surface area (Å²) in [6, 6.07) is -0.493. The van der Waals surface area contributed by atoms with Gasteiger partial charge >= 0.3 is 11.9 Å². The SMILES string of the molecule is NN1CC[N+](N)(CC(=O)O)C(CC(=O)O)C1. The van der Waals surface area contributed by atoms with Crippen LogP contribution in [0.25, 0.3) is 0 Å². The Morgan fingerprint density at radius 2 is 2.00 bits per heavy atom. The minimum Gasteiger partial charge on any atom is -0.481 e. The van der Waals surface area contributed by atoms with E-state index in [4.69, 9.17) is 21.9 Å². The van der Waals surface area contributed by atoms with Gasteiger partial charge in [-0.05, 0) is 0 Å². The fourth-order valence-electron chi connectivity index (χ4n) is 1.93. The highest BCUT2D eigenvalue weighted by Crippen LogP contribution is 2.16. The maximum absolute atomic E-state index is 10.7. The highest BCUT2D eigenvalue weighted by atomic mass is 16.4. The van der Waals surface area contributed by atoms with Crippen LogP contribution in [0.5, 0.6) is 0 Å². The molecule has 1 saturated heterocycles. The molecular formula is C8H17N4O4+. The first kappa shape index (κ1) is 12.8. The first-order valence-electron chi connectivity index (χ1n) is 4.92. The molecule has 8 heteroatoms. The third-order valence-corrected chi connectivity index (χ3v) is 2.82. The number of nitrogens with zero attached hydrogens (tertiary/aromatic N) is 2. The molecule has 8 nitrogen and oxygen atoms in total. The Bertz CT molecular complexity index is 298. The van der Waals surface area contributed by atoms with Crippen molar-refractivity contribution in [3.63, 3.8) is 0 Å². The molecule has 2 unspecified atom stereocenters. The molecule has 0 aromatic heterocycles.